The van der Waals surface area contributed by atoms with Gasteiger partial charge in [0.25, 0.3) is 0 Å². The summed E-state index contributed by atoms with van der Waals surface area (Å²) in [7, 11) is 0. The van der Waals surface area contributed by atoms with Gasteiger partial charge in [-0.25, -0.2) is 4.99 Å². The van der Waals surface area contributed by atoms with E-state index in [0.717, 1.165) is 23.6 Å². The molecule has 0 aliphatic heterocycles. The maximum absolute atomic E-state index is 10.8. The van der Waals surface area contributed by atoms with Crippen LogP contribution >= 0.6 is 35.3 Å². The third-order valence-corrected chi connectivity index (χ3v) is 4.92. The summed E-state index contributed by atoms with van der Waals surface area (Å²) in [5.41, 5.74) is 1.03. The van der Waals surface area contributed by atoms with E-state index in [0.29, 0.717) is 19.0 Å². The molecule has 2 aromatic heterocycles. The van der Waals surface area contributed by atoms with Crippen LogP contribution < -0.4 is 10.6 Å². The SMILES string of the molecule is CCNC(=NCc1sccc1C)NCC(C)(O)c1cc(C)oc1C.I. The second-order valence-corrected chi connectivity index (χ2v) is 7.18. The predicted molar refractivity (Wildman–Crippen MR) is 115 cm³/mol. The first-order chi connectivity index (χ1) is 11.3. The molecular weight excluding hydrogens is 449 g/mol. The van der Waals surface area contributed by atoms with Crippen LogP contribution in [0.15, 0.2) is 26.9 Å². The van der Waals surface area contributed by atoms with Crippen molar-refractivity contribution in [3.63, 3.8) is 0 Å². The average Bonchev–Trinajstić information content (AvgIpc) is 3.07. The summed E-state index contributed by atoms with van der Waals surface area (Å²) in [4.78, 5) is 5.86. The van der Waals surface area contributed by atoms with Crippen molar-refractivity contribution in [1.29, 1.82) is 0 Å². The highest BCUT2D eigenvalue weighted by atomic mass is 127. The number of rotatable bonds is 6. The molecular formula is C18H28IN3O2S. The van der Waals surface area contributed by atoms with Gasteiger partial charge in [-0.3, -0.25) is 0 Å². The van der Waals surface area contributed by atoms with Crippen LogP contribution in [0.4, 0.5) is 0 Å². The Hall–Kier alpha value is -1.06. The first kappa shape index (κ1) is 22.0. The Kier molecular flexibility index (Phi) is 8.43. The van der Waals surface area contributed by atoms with Gasteiger partial charge >= 0.3 is 0 Å². The summed E-state index contributed by atoms with van der Waals surface area (Å²) < 4.78 is 5.53. The Morgan fingerprint density at radius 3 is 2.56 bits per heavy atom. The first-order valence-corrected chi connectivity index (χ1v) is 9.06. The van der Waals surface area contributed by atoms with Crippen LogP contribution in [0.1, 0.15) is 41.4 Å². The zero-order chi connectivity index (χ0) is 17.7. The molecule has 1 unspecified atom stereocenters. The summed E-state index contributed by atoms with van der Waals surface area (Å²) >= 11 is 1.71. The highest BCUT2D eigenvalue weighted by Gasteiger charge is 2.27. The number of aliphatic imine (C=N–C) groups is 1. The van der Waals surface area contributed by atoms with Gasteiger partial charge in [-0.05, 0) is 57.7 Å². The zero-order valence-electron chi connectivity index (χ0n) is 15.5. The molecule has 140 valence electrons. The number of hydrogen-bond donors (Lipinski definition) is 3. The minimum absolute atomic E-state index is 0. The molecule has 2 rings (SSSR count). The van der Waals surface area contributed by atoms with E-state index in [4.69, 9.17) is 4.42 Å². The summed E-state index contributed by atoms with van der Waals surface area (Å²) in [6, 6.07) is 3.99. The minimum atomic E-state index is -1.03. The molecule has 1 atom stereocenters. The quantitative estimate of drug-likeness (QED) is 0.336. The van der Waals surface area contributed by atoms with Crippen LogP contribution in [-0.2, 0) is 12.1 Å². The summed E-state index contributed by atoms with van der Waals surface area (Å²) in [5, 5.41) is 19.3. The van der Waals surface area contributed by atoms with E-state index >= 15 is 0 Å². The van der Waals surface area contributed by atoms with Gasteiger partial charge in [0.1, 0.15) is 17.1 Å². The fraction of sp³-hybridized carbons (Fsp3) is 0.500. The van der Waals surface area contributed by atoms with E-state index in [2.05, 4.69) is 34.0 Å². The molecule has 0 aromatic carbocycles. The van der Waals surface area contributed by atoms with Crippen molar-refractivity contribution in [3.8, 4) is 0 Å². The summed E-state index contributed by atoms with van der Waals surface area (Å²) in [5.74, 6) is 2.25. The van der Waals surface area contributed by atoms with Gasteiger partial charge < -0.3 is 20.2 Å². The van der Waals surface area contributed by atoms with Crippen LogP contribution in [0.3, 0.4) is 0 Å². The number of guanidine groups is 1. The van der Waals surface area contributed by atoms with E-state index < -0.39 is 5.60 Å². The first-order valence-electron chi connectivity index (χ1n) is 8.18. The largest absolute Gasteiger partial charge is 0.466 e. The Labute approximate surface area is 171 Å². The van der Waals surface area contributed by atoms with E-state index in [1.165, 1.54) is 10.4 Å². The van der Waals surface area contributed by atoms with Crippen molar-refractivity contribution in [2.45, 2.75) is 46.8 Å². The van der Waals surface area contributed by atoms with Crippen LogP contribution in [0, 0.1) is 20.8 Å². The number of halogens is 1. The molecule has 0 spiro atoms. The number of aliphatic hydroxyl groups is 1. The highest BCUT2D eigenvalue weighted by molar-refractivity contribution is 14.0. The minimum Gasteiger partial charge on any atom is -0.466 e. The van der Waals surface area contributed by atoms with Gasteiger partial charge in [0, 0.05) is 17.0 Å². The average molecular weight is 477 g/mol. The van der Waals surface area contributed by atoms with Gasteiger partial charge in [0.05, 0.1) is 13.1 Å². The molecule has 2 aromatic rings. The molecule has 0 bridgehead atoms. The van der Waals surface area contributed by atoms with E-state index in [1.54, 1.807) is 18.3 Å². The number of nitrogens with zero attached hydrogens (tertiary/aromatic N) is 1. The Morgan fingerprint density at radius 2 is 2.04 bits per heavy atom. The lowest BCUT2D eigenvalue weighted by Crippen LogP contribution is -2.44. The number of hydrogen-bond acceptors (Lipinski definition) is 4. The van der Waals surface area contributed by atoms with Crippen LogP contribution in [0.2, 0.25) is 0 Å². The molecule has 0 aliphatic carbocycles. The molecule has 0 radical (unpaired) electrons. The smallest absolute Gasteiger partial charge is 0.191 e. The van der Waals surface area contributed by atoms with Crippen molar-refractivity contribution in [2.75, 3.05) is 13.1 Å². The summed E-state index contributed by atoms with van der Waals surface area (Å²) in [6.45, 7) is 11.4. The molecule has 0 fully saturated rings. The number of aryl methyl sites for hydroxylation is 3. The van der Waals surface area contributed by atoms with Crippen molar-refractivity contribution in [2.24, 2.45) is 4.99 Å². The molecule has 0 saturated heterocycles. The zero-order valence-corrected chi connectivity index (χ0v) is 18.6. The molecule has 25 heavy (non-hydrogen) atoms. The van der Waals surface area contributed by atoms with Crippen molar-refractivity contribution in [3.05, 3.63) is 45.0 Å². The normalized spacial score (nSPS) is 13.9. The number of furan rings is 1. The lowest BCUT2D eigenvalue weighted by Gasteiger charge is -2.24. The molecule has 5 nitrogen and oxygen atoms in total. The third-order valence-electron chi connectivity index (χ3n) is 3.91. The van der Waals surface area contributed by atoms with Crippen LogP contribution in [0.5, 0.6) is 0 Å². The van der Waals surface area contributed by atoms with Crippen molar-refractivity contribution < 1.29 is 9.52 Å². The number of nitrogens with one attached hydrogen (secondary N) is 2. The van der Waals surface area contributed by atoms with Gasteiger partial charge in [-0.1, -0.05) is 0 Å². The maximum atomic E-state index is 10.8. The molecule has 2 heterocycles. The van der Waals surface area contributed by atoms with E-state index in [-0.39, 0.29) is 24.0 Å². The third kappa shape index (κ3) is 6.00. The van der Waals surface area contributed by atoms with Gasteiger partial charge in [0.2, 0.25) is 0 Å². The fourth-order valence-electron chi connectivity index (χ4n) is 2.58. The Morgan fingerprint density at radius 1 is 1.32 bits per heavy atom. The predicted octanol–water partition coefficient (Wildman–Crippen LogP) is 3.85. The Balaban J connectivity index is 0.00000312. The second kappa shape index (κ2) is 9.59. The highest BCUT2D eigenvalue weighted by Crippen LogP contribution is 2.26. The fourth-order valence-corrected chi connectivity index (χ4v) is 3.40. The van der Waals surface area contributed by atoms with Crippen LogP contribution in [0.25, 0.3) is 0 Å². The topological polar surface area (TPSA) is 69.8 Å². The van der Waals surface area contributed by atoms with E-state index in [9.17, 15) is 5.11 Å². The molecule has 0 aliphatic rings. The lowest BCUT2D eigenvalue weighted by molar-refractivity contribution is 0.0601. The van der Waals surface area contributed by atoms with Gasteiger partial charge in [-0.2, -0.15) is 0 Å². The van der Waals surface area contributed by atoms with Gasteiger partial charge in [-0.15, -0.1) is 35.3 Å². The molecule has 0 amide bonds. The lowest BCUT2D eigenvalue weighted by atomic mass is 9.96. The summed E-state index contributed by atoms with van der Waals surface area (Å²) in [6.07, 6.45) is 0. The standard InChI is InChI=1S/C18H27N3O2S.HI/c1-6-19-17(20-10-16-12(2)7-8-24-16)21-11-18(5,22)15-9-13(3)23-14(15)4;/h7-9,22H,6,10-11H2,1-5H3,(H2,19,20,21);1H. The van der Waals surface area contributed by atoms with Crippen molar-refractivity contribution in [1.82, 2.24) is 10.6 Å². The molecule has 0 saturated carbocycles. The maximum Gasteiger partial charge on any atom is 0.191 e. The monoisotopic (exact) mass is 477 g/mol. The molecule has 3 N–H and O–H groups in total. The van der Waals surface area contributed by atoms with E-state index in [1.807, 2.05) is 26.8 Å². The second-order valence-electron chi connectivity index (χ2n) is 6.18. The Bertz CT molecular complexity index is 707. The van der Waals surface area contributed by atoms with Gasteiger partial charge in [0.15, 0.2) is 5.96 Å². The molecule has 7 heteroatoms. The van der Waals surface area contributed by atoms with Crippen LogP contribution in [-0.4, -0.2) is 24.2 Å². The van der Waals surface area contributed by atoms with Crippen molar-refractivity contribution >= 4 is 41.3 Å². The number of thiophene rings is 1.